The summed E-state index contributed by atoms with van der Waals surface area (Å²) in [5.41, 5.74) is 1.52. The molecule has 23 heavy (non-hydrogen) atoms. The third-order valence-electron chi connectivity index (χ3n) is 3.08. The fourth-order valence-electron chi connectivity index (χ4n) is 1.87. The molecular weight excluding hydrogens is 379 g/mol. The second-order valence-electron chi connectivity index (χ2n) is 5.25. The molecule has 0 aromatic heterocycles. The van der Waals surface area contributed by atoms with Gasteiger partial charge < -0.3 is 15.4 Å². The van der Waals surface area contributed by atoms with E-state index in [9.17, 15) is 4.39 Å². The summed E-state index contributed by atoms with van der Waals surface area (Å²) in [5.74, 6) is 0.439. The molecule has 1 atom stereocenters. The van der Waals surface area contributed by atoms with Gasteiger partial charge in [-0.15, -0.1) is 0 Å². The Morgan fingerprint density at radius 2 is 1.96 bits per heavy atom. The summed E-state index contributed by atoms with van der Waals surface area (Å²) < 4.78 is 20.1. The minimum atomic E-state index is -0.368. The van der Waals surface area contributed by atoms with Crippen molar-refractivity contribution >= 4 is 38.9 Å². The summed E-state index contributed by atoms with van der Waals surface area (Å²) in [6.07, 6.45) is 0. The molecule has 3 nitrogen and oxygen atoms in total. The molecule has 0 amide bonds. The molecule has 2 rings (SSSR count). The predicted octanol–water partition coefficient (Wildman–Crippen LogP) is 4.65. The minimum Gasteiger partial charge on any atom is -0.491 e. The smallest absolute Gasteiger partial charge is 0.171 e. The molecule has 1 unspecified atom stereocenters. The fourth-order valence-corrected chi connectivity index (χ4v) is 2.51. The fraction of sp³-hybridized carbons (Fsp3) is 0.235. The molecule has 0 aliphatic heterocycles. The van der Waals surface area contributed by atoms with Gasteiger partial charge in [-0.2, -0.15) is 0 Å². The zero-order valence-corrected chi connectivity index (χ0v) is 15.3. The molecule has 2 N–H and O–H groups in total. The van der Waals surface area contributed by atoms with E-state index in [1.807, 2.05) is 38.1 Å². The number of hydrogen-bond donors (Lipinski definition) is 2. The molecule has 0 aliphatic rings. The molecule has 2 aromatic rings. The van der Waals surface area contributed by atoms with Crippen molar-refractivity contribution in [2.24, 2.45) is 0 Å². The molecule has 6 heteroatoms. The van der Waals surface area contributed by atoms with E-state index >= 15 is 0 Å². The van der Waals surface area contributed by atoms with Crippen molar-refractivity contribution in [3.05, 3.63) is 58.3 Å². The lowest BCUT2D eigenvalue weighted by atomic mass is 10.2. The Morgan fingerprint density at radius 1 is 1.26 bits per heavy atom. The number of nitrogens with one attached hydrogen (secondary N) is 2. The highest BCUT2D eigenvalue weighted by molar-refractivity contribution is 9.10. The van der Waals surface area contributed by atoms with Crippen molar-refractivity contribution in [2.45, 2.75) is 19.9 Å². The first kappa shape index (κ1) is 17.7. The second kappa shape index (κ2) is 8.26. The molecule has 122 valence electrons. The molecule has 0 saturated carbocycles. The van der Waals surface area contributed by atoms with Crippen LogP contribution in [0, 0.1) is 12.7 Å². The monoisotopic (exact) mass is 396 g/mol. The van der Waals surface area contributed by atoms with Gasteiger partial charge in [0.05, 0.1) is 11.7 Å². The van der Waals surface area contributed by atoms with Crippen molar-refractivity contribution in [1.29, 1.82) is 0 Å². The minimum absolute atomic E-state index is 0.0187. The number of ether oxygens (including phenoxy) is 1. The highest BCUT2D eigenvalue weighted by Gasteiger charge is 2.08. The maximum absolute atomic E-state index is 13.7. The third-order valence-corrected chi connectivity index (χ3v) is 3.79. The van der Waals surface area contributed by atoms with Crippen LogP contribution in [-0.4, -0.2) is 17.8 Å². The van der Waals surface area contributed by atoms with E-state index in [1.54, 1.807) is 12.1 Å². The van der Waals surface area contributed by atoms with Gasteiger partial charge in [-0.1, -0.05) is 33.6 Å². The lowest BCUT2D eigenvalue weighted by Gasteiger charge is -2.18. The Balaban J connectivity index is 1.81. The molecule has 0 spiro atoms. The summed E-state index contributed by atoms with van der Waals surface area (Å²) in [6, 6.07) is 12.6. The molecule has 0 bridgehead atoms. The molecule has 0 aliphatic carbocycles. The van der Waals surface area contributed by atoms with E-state index in [4.69, 9.17) is 17.0 Å². The normalized spacial score (nSPS) is 11.7. The van der Waals surface area contributed by atoms with Crippen LogP contribution in [0.25, 0.3) is 0 Å². The van der Waals surface area contributed by atoms with Crippen LogP contribution >= 0.6 is 28.1 Å². The van der Waals surface area contributed by atoms with E-state index < -0.39 is 0 Å². The van der Waals surface area contributed by atoms with Crippen LogP contribution in [0.2, 0.25) is 0 Å². The van der Waals surface area contributed by atoms with Crippen LogP contribution in [0.15, 0.2) is 46.9 Å². The number of rotatable bonds is 5. The van der Waals surface area contributed by atoms with Crippen LogP contribution in [0.3, 0.4) is 0 Å². The zero-order valence-electron chi connectivity index (χ0n) is 12.9. The number of hydrogen-bond acceptors (Lipinski definition) is 2. The number of benzene rings is 2. The number of halogens is 2. The van der Waals surface area contributed by atoms with Gasteiger partial charge in [-0.25, -0.2) is 4.39 Å². The summed E-state index contributed by atoms with van der Waals surface area (Å²) in [5, 5.41) is 6.26. The first-order chi connectivity index (χ1) is 10.9. The Labute approximate surface area is 149 Å². The topological polar surface area (TPSA) is 33.3 Å². The molecule has 0 fully saturated rings. The molecule has 0 heterocycles. The quantitative estimate of drug-likeness (QED) is 0.720. The first-order valence-electron chi connectivity index (χ1n) is 7.16. The molecule has 2 aromatic carbocycles. The van der Waals surface area contributed by atoms with E-state index in [0.29, 0.717) is 21.9 Å². The van der Waals surface area contributed by atoms with Crippen molar-refractivity contribution < 1.29 is 9.13 Å². The van der Waals surface area contributed by atoms with Crippen LogP contribution < -0.4 is 15.4 Å². The van der Waals surface area contributed by atoms with E-state index in [0.717, 1.165) is 5.75 Å². The summed E-state index contributed by atoms with van der Waals surface area (Å²) in [7, 11) is 0. The SMILES string of the molecule is Cc1ccc(OCC(C)NC(=S)Nc2ccc(Br)cc2F)cc1. The Morgan fingerprint density at radius 3 is 2.61 bits per heavy atom. The molecular formula is C17H18BrFN2OS. The van der Waals surface area contributed by atoms with E-state index in [1.165, 1.54) is 11.6 Å². The van der Waals surface area contributed by atoms with Gasteiger partial charge in [-0.3, -0.25) is 0 Å². The van der Waals surface area contributed by atoms with Crippen LogP contribution in [0.4, 0.5) is 10.1 Å². The molecule has 0 radical (unpaired) electrons. The average Bonchev–Trinajstić information content (AvgIpc) is 2.49. The lowest BCUT2D eigenvalue weighted by molar-refractivity contribution is 0.287. The Kier molecular flexibility index (Phi) is 6.36. The van der Waals surface area contributed by atoms with Crippen molar-refractivity contribution in [3.8, 4) is 5.75 Å². The van der Waals surface area contributed by atoms with Gasteiger partial charge >= 0.3 is 0 Å². The summed E-state index contributed by atoms with van der Waals surface area (Å²) in [6.45, 7) is 4.42. The van der Waals surface area contributed by atoms with Gasteiger partial charge in [0.1, 0.15) is 18.2 Å². The van der Waals surface area contributed by atoms with Gasteiger partial charge in [0.2, 0.25) is 0 Å². The number of thiocarbonyl (C=S) groups is 1. The van der Waals surface area contributed by atoms with Crippen molar-refractivity contribution in [3.63, 3.8) is 0 Å². The summed E-state index contributed by atoms with van der Waals surface area (Å²) >= 11 is 8.41. The van der Waals surface area contributed by atoms with Crippen LogP contribution in [0.1, 0.15) is 12.5 Å². The highest BCUT2D eigenvalue weighted by Crippen LogP contribution is 2.19. The van der Waals surface area contributed by atoms with Crippen LogP contribution in [0.5, 0.6) is 5.75 Å². The maximum Gasteiger partial charge on any atom is 0.171 e. The Hall–Kier alpha value is -1.66. The van der Waals surface area contributed by atoms with Gasteiger partial charge in [0.25, 0.3) is 0 Å². The van der Waals surface area contributed by atoms with E-state index in [-0.39, 0.29) is 11.9 Å². The van der Waals surface area contributed by atoms with Gasteiger partial charge in [-0.05, 0) is 56.4 Å². The summed E-state index contributed by atoms with van der Waals surface area (Å²) in [4.78, 5) is 0. The Bertz CT molecular complexity index is 679. The third kappa shape index (κ3) is 5.80. The standard InChI is InChI=1S/C17H18BrFN2OS/c1-11-3-6-14(7-4-11)22-10-12(2)20-17(23)21-16-8-5-13(18)9-15(16)19/h3-9,12H,10H2,1-2H3,(H2,20,21,23). The number of anilines is 1. The second-order valence-corrected chi connectivity index (χ2v) is 6.57. The number of aryl methyl sites for hydroxylation is 1. The van der Waals surface area contributed by atoms with Crippen molar-refractivity contribution in [1.82, 2.24) is 5.32 Å². The first-order valence-corrected chi connectivity index (χ1v) is 8.36. The largest absolute Gasteiger partial charge is 0.491 e. The predicted molar refractivity (Wildman–Crippen MR) is 99.6 cm³/mol. The maximum atomic E-state index is 13.7. The van der Waals surface area contributed by atoms with Gasteiger partial charge in [0.15, 0.2) is 5.11 Å². The van der Waals surface area contributed by atoms with Crippen molar-refractivity contribution in [2.75, 3.05) is 11.9 Å². The molecule has 0 saturated heterocycles. The van der Waals surface area contributed by atoms with Gasteiger partial charge in [0, 0.05) is 4.47 Å². The zero-order chi connectivity index (χ0) is 16.8. The van der Waals surface area contributed by atoms with E-state index in [2.05, 4.69) is 26.6 Å². The average molecular weight is 397 g/mol. The van der Waals surface area contributed by atoms with Crippen LogP contribution in [-0.2, 0) is 0 Å². The highest BCUT2D eigenvalue weighted by atomic mass is 79.9. The lowest BCUT2D eigenvalue weighted by Crippen LogP contribution is -2.39.